The highest BCUT2D eigenvalue weighted by Crippen LogP contribution is 2.28. The van der Waals surface area contributed by atoms with Crippen molar-refractivity contribution in [2.45, 2.75) is 19.6 Å². The van der Waals surface area contributed by atoms with E-state index in [-0.39, 0.29) is 12.4 Å². The molecule has 0 bridgehead atoms. The molecule has 0 saturated carbocycles. The summed E-state index contributed by atoms with van der Waals surface area (Å²) in [6.45, 7) is 0.834. The Labute approximate surface area is 139 Å². The van der Waals surface area contributed by atoms with Crippen molar-refractivity contribution < 1.29 is 17.9 Å². The molecule has 0 atom stereocenters. The number of ether oxygens (including phenoxy) is 1. The van der Waals surface area contributed by atoms with Crippen LogP contribution in [0.3, 0.4) is 0 Å². The molecule has 0 aliphatic heterocycles. The van der Waals surface area contributed by atoms with Crippen LogP contribution < -0.4 is 10.1 Å². The van der Waals surface area contributed by atoms with Gasteiger partial charge in [0.05, 0.1) is 5.39 Å². The number of nitrogens with one attached hydrogen (secondary N) is 1. The number of pyridine rings is 1. The molecule has 126 valence electrons. The van der Waals surface area contributed by atoms with Crippen molar-refractivity contribution in [1.29, 1.82) is 0 Å². The number of nitrogens with zero attached hydrogens (tertiary/aromatic N) is 3. The van der Waals surface area contributed by atoms with E-state index in [0.29, 0.717) is 11.4 Å². The van der Waals surface area contributed by atoms with Crippen LogP contribution in [0.25, 0.3) is 10.2 Å². The molecule has 0 amide bonds. The first kappa shape index (κ1) is 16.4. The normalized spacial score (nSPS) is 11.7. The van der Waals surface area contributed by atoms with Crippen molar-refractivity contribution in [2.75, 3.05) is 11.9 Å². The molecule has 0 fully saturated rings. The number of alkyl halides is 3. The van der Waals surface area contributed by atoms with E-state index < -0.39 is 12.8 Å². The topological polar surface area (TPSA) is 59.9 Å². The Balaban J connectivity index is 1.76. The molecule has 0 saturated heterocycles. The molecule has 0 unspecified atom stereocenters. The summed E-state index contributed by atoms with van der Waals surface area (Å²) < 4.78 is 41.7. The molecule has 3 rings (SSSR count). The van der Waals surface area contributed by atoms with Gasteiger partial charge in [0.2, 0.25) is 5.88 Å². The minimum absolute atomic E-state index is 0.0471. The number of halogens is 3. The van der Waals surface area contributed by atoms with Crippen LogP contribution in [0.15, 0.2) is 30.7 Å². The number of hydrogen-bond donors (Lipinski definition) is 1. The molecule has 3 aromatic heterocycles. The standard InChI is InChI=1S/C15H13F3N4OS/c1-9-5-11-12(21-8-22-14(11)24-9)20-6-10-3-2-4-19-13(10)23-7-15(16,17)18/h2-5,8H,6-7H2,1H3,(H,20,21,22). The molecule has 3 heterocycles. The molecule has 0 spiro atoms. The van der Waals surface area contributed by atoms with Crippen LogP contribution in [0.2, 0.25) is 0 Å². The number of aryl methyl sites for hydroxylation is 1. The number of anilines is 1. The van der Waals surface area contributed by atoms with Gasteiger partial charge in [-0.15, -0.1) is 11.3 Å². The molecule has 24 heavy (non-hydrogen) atoms. The van der Waals surface area contributed by atoms with Crippen molar-refractivity contribution in [3.05, 3.63) is 41.2 Å². The van der Waals surface area contributed by atoms with Gasteiger partial charge < -0.3 is 10.1 Å². The summed E-state index contributed by atoms with van der Waals surface area (Å²) in [5.74, 6) is 0.573. The maximum absolute atomic E-state index is 12.3. The lowest BCUT2D eigenvalue weighted by molar-refractivity contribution is -0.154. The predicted octanol–water partition coefficient (Wildman–Crippen LogP) is 3.95. The Kier molecular flexibility index (Phi) is 4.52. The highest BCUT2D eigenvalue weighted by atomic mass is 32.1. The number of thiophene rings is 1. The van der Waals surface area contributed by atoms with Crippen LogP contribution in [0.4, 0.5) is 19.0 Å². The Morgan fingerprint density at radius 3 is 2.88 bits per heavy atom. The van der Waals surface area contributed by atoms with Gasteiger partial charge in [-0.3, -0.25) is 0 Å². The monoisotopic (exact) mass is 354 g/mol. The van der Waals surface area contributed by atoms with Crippen LogP contribution in [0.5, 0.6) is 5.88 Å². The van der Waals surface area contributed by atoms with Crippen molar-refractivity contribution in [3.63, 3.8) is 0 Å². The van der Waals surface area contributed by atoms with E-state index in [1.807, 2.05) is 13.0 Å². The first-order chi connectivity index (χ1) is 11.4. The van der Waals surface area contributed by atoms with E-state index in [4.69, 9.17) is 4.74 Å². The van der Waals surface area contributed by atoms with Gasteiger partial charge in [-0.2, -0.15) is 13.2 Å². The summed E-state index contributed by atoms with van der Waals surface area (Å²) >= 11 is 1.55. The summed E-state index contributed by atoms with van der Waals surface area (Å²) in [5, 5.41) is 3.99. The maximum atomic E-state index is 12.3. The van der Waals surface area contributed by atoms with Gasteiger partial charge in [0.1, 0.15) is 17.0 Å². The van der Waals surface area contributed by atoms with Crippen molar-refractivity contribution in [3.8, 4) is 5.88 Å². The zero-order valence-corrected chi connectivity index (χ0v) is 13.4. The van der Waals surface area contributed by atoms with Crippen LogP contribution in [-0.2, 0) is 6.54 Å². The van der Waals surface area contributed by atoms with Crippen molar-refractivity contribution in [1.82, 2.24) is 15.0 Å². The minimum atomic E-state index is -4.41. The highest BCUT2D eigenvalue weighted by Gasteiger charge is 2.29. The average molecular weight is 354 g/mol. The SMILES string of the molecule is Cc1cc2c(NCc3cccnc3OCC(F)(F)F)ncnc2s1. The van der Waals surface area contributed by atoms with E-state index in [9.17, 15) is 13.2 Å². The third kappa shape index (κ3) is 3.91. The lowest BCUT2D eigenvalue weighted by Crippen LogP contribution is -2.20. The Morgan fingerprint density at radius 1 is 1.25 bits per heavy atom. The average Bonchev–Trinajstić information content (AvgIpc) is 2.91. The summed E-state index contributed by atoms with van der Waals surface area (Å²) in [7, 11) is 0. The third-order valence-electron chi connectivity index (χ3n) is 3.12. The molecule has 1 N–H and O–H groups in total. The third-order valence-corrected chi connectivity index (χ3v) is 4.08. The van der Waals surface area contributed by atoms with E-state index in [1.54, 1.807) is 23.5 Å². The van der Waals surface area contributed by atoms with Gasteiger partial charge in [0, 0.05) is 23.2 Å². The first-order valence-electron chi connectivity index (χ1n) is 7.01. The second-order valence-corrected chi connectivity index (χ2v) is 6.26. The van der Waals surface area contributed by atoms with Gasteiger partial charge >= 0.3 is 6.18 Å². The van der Waals surface area contributed by atoms with Crippen molar-refractivity contribution >= 4 is 27.4 Å². The maximum Gasteiger partial charge on any atom is 0.422 e. The highest BCUT2D eigenvalue weighted by molar-refractivity contribution is 7.18. The summed E-state index contributed by atoms with van der Waals surface area (Å²) in [6, 6.07) is 5.26. The number of fused-ring (bicyclic) bond motifs is 1. The Hall–Kier alpha value is -2.42. The van der Waals surface area contributed by atoms with Crippen molar-refractivity contribution in [2.24, 2.45) is 0 Å². The molecular weight excluding hydrogens is 341 g/mol. The molecule has 0 radical (unpaired) electrons. The largest absolute Gasteiger partial charge is 0.468 e. The lowest BCUT2D eigenvalue weighted by Gasteiger charge is -2.12. The van der Waals surface area contributed by atoms with Gasteiger partial charge in [-0.1, -0.05) is 6.07 Å². The fraction of sp³-hybridized carbons (Fsp3) is 0.267. The van der Waals surface area contributed by atoms with Gasteiger partial charge in [0.25, 0.3) is 0 Å². The van der Waals surface area contributed by atoms with E-state index in [2.05, 4.69) is 20.3 Å². The van der Waals surface area contributed by atoms with Crippen LogP contribution in [-0.4, -0.2) is 27.7 Å². The van der Waals surface area contributed by atoms with E-state index in [1.165, 1.54) is 12.5 Å². The van der Waals surface area contributed by atoms with Crippen LogP contribution in [0.1, 0.15) is 10.4 Å². The Morgan fingerprint density at radius 2 is 2.08 bits per heavy atom. The zero-order valence-electron chi connectivity index (χ0n) is 12.6. The molecular formula is C15H13F3N4OS. The zero-order chi connectivity index (χ0) is 17.2. The molecule has 0 aromatic carbocycles. The quantitative estimate of drug-likeness (QED) is 0.752. The second-order valence-electron chi connectivity index (χ2n) is 5.02. The second kappa shape index (κ2) is 6.60. The van der Waals surface area contributed by atoms with E-state index in [0.717, 1.165) is 15.1 Å². The summed E-state index contributed by atoms with van der Waals surface area (Å²) in [6.07, 6.45) is -1.57. The smallest absolute Gasteiger partial charge is 0.422 e. The van der Waals surface area contributed by atoms with Gasteiger partial charge in [0.15, 0.2) is 6.61 Å². The molecule has 9 heteroatoms. The van der Waals surface area contributed by atoms with E-state index >= 15 is 0 Å². The fourth-order valence-electron chi connectivity index (χ4n) is 2.13. The number of rotatable bonds is 5. The number of aromatic nitrogens is 3. The Bertz CT molecular complexity index is 850. The molecule has 0 aliphatic carbocycles. The van der Waals surface area contributed by atoms with Gasteiger partial charge in [-0.05, 0) is 19.1 Å². The lowest BCUT2D eigenvalue weighted by atomic mass is 10.2. The fourth-order valence-corrected chi connectivity index (χ4v) is 2.98. The molecule has 5 nitrogen and oxygen atoms in total. The summed E-state index contributed by atoms with van der Waals surface area (Å²) in [5.41, 5.74) is 0.514. The first-order valence-corrected chi connectivity index (χ1v) is 7.82. The van der Waals surface area contributed by atoms with Gasteiger partial charge in [-0.25, -0.2) is 15.0 Å². The van der Waals surface area contributed by atoms with Crippen LogP contribution in [0, 0.1) is 6.92 Å². The van der Waals surface area contributed by atoms with Crippen LogP contribution >= 0.6 is 11.3 Å². The minimum Gasteiger partial charge on any atom is -0.468 e. The number of hydrogen-bond acceptors (Lipinski definition) is 6. The molecule has 0 aliphatic rings. The predicted molar refractivity (Wildman–Crippen MR) is 85.3 cm³/mol. The summed E-state index contributed by atoms with van der Waals surface area (Å²) in [4.78, 5) is 14.2. The molecule has 3 aromatic rings.